The second-order valence-corrected chi connectivity index (χ2v) is 7.93. The standard InChI is InChI=1S/C22H26N4O3/c1-24-11-12-25-20-8-7-18(26(28)29)13-17(20)14-19(21(25)15-24)22(27)23-10-9-16-5-3-2-4-6-16/h2-8,13,19,21H,9-12,14-15H2,1H3,(H,23,27). The van der Waals surface area contributed by atoms with E-state index >= 15 is 0 Å². The first-order chi connectivity index (χ1) is 14.0. The van der Waals surface area contributed by atoms with Crippen LogP contribution < -0.4 is 10.2 Å². The van der Waals surface area contributed by atoms with Gasteiger partial charge < -0.3 is 15.1 Å². The molecule has 0 aliphatic carbocycles. The van der Waals surface area contributed by atoms with Crippen LogP contribution in [0.2, 0.25) is 0 Å². The van der Waals surface area contributed by atoms with Crippen LogP contribution in [-0.2, 0) is 17.6 Å². The van der Waals surface area contributed by atoms with Crippen molar-refractivity contribution in [2.24, 2.45) is 5.92 Å². The van der Waals surface area contributed by atoms with Gasteiger partial charge in [0.2, 0.25) is 5.91 Å². The SMILES string of the molecule is CN1CCN2c3ccc([N+](=O)[O-])cc3CC(C(=O)NCCc3ccccc3)C2C1. The molecule has 1 fully saturated rings. The van der Waals surface area contributed by atoms with Crippen LogP contribution in [0.15, 0.2) is 48.5 Å². The number of carbonyl (C=O) groups is 1. The smallest absolute Gasteiger partial charge is 0.269 e. The Kier molecular flexibility index (Phi) is 5.49. The van der Waals surface area contributed by atoms with E-state index in [-0.39, 0.29) is 28.5 Å². The number of nitro benzene ring substituents is 1. The summed E-state index contributed by atoms with van der Waals surface area (Å²) in [5.74, 6) is -0.189. The third-order valence-electron chi connectivity index (χ3n) is 6.00. The number of piperazine rings is 1. The maximum Gasteiger partial charge on any atom is 0.269 e. The van der Waals surface area contributed by atoms with Crippen LogP contribution in [0.1, 0.15) is 11.1 Å². The molecule has 2 unspecified atom stereocenters. The van der Waals surface area contributed by atoms with Crippen LogP contribution in [-0.4, -0.2) is 55.0 Å². The Morgan fingerprint density at radius 3 is 2.76 bits per heavy atom. The van der Waals surface area contributed by atoms with Crippen molar-refractivity contribution in [2.45, 2.75) is 18.9 Å². The molecule has 2 aliphatic rings. The highest BCUT2D eigenvalue weighted by molar-refractivity contribution is 5.82. The first-order valence-electron chi connectivity index (χ1n) is 10.1. The highest BCUT2D eigenvalue weighted by atomic mass is 16.6. The number of rotatable bonds is 5. The molecule has 1 amide bonds. The molecule has 2 aliphatic heterocycles. The molecule has 2 aromatic rings. The number of likely N-dealkylation sites (N-methyl/N-ethyl adjacent to an activating group) is 1. The number of fused-ring (bicyclic) bond motifs is 3. The van der Waals surface area contributed by atoms with E-state index in [0.29, 0.717) is 13.0 Å². The van der Waals surface area contributed by atoms with Crippen molar-refractivity contribution in [3.05, 3.63) is 69.8 Å². The van der Waals surface area contributed by atoms with Gasteiger partial charge in [-0.15, -0.1) is 0 Å². The number of hydrogen-bond acceptors (Lipinski definition) is 5. The lowest BCUT2D eigenvalue weighted by atomic mass is 9.83. The van der Waals surface area contributed by atoms with Crippen LogP contribution in [0.4, 0.5) is 11.4 Å². The topological polar surface area (TPSA) is 78.7 Å². The lowest BCUT2D eigenvalue weighted by Crippen LogP contribution is -2.60. The molecule has 0 radical (unpaired) electrons. The van der Waals surface area contributed by atoms with E-state index in [0.717, 1.165) is 37.3 Å². The fourth-order valence-corrected chi connectivity index (χ4v) is 4.47. The average Bonchev–Trinajstić information content (AvgIpc) is 2.73. The Balaban J connectivity index is 1.52. The fourth-order valence-electron chi connectivity index (χ4n) is 4.47. The molecule has 0 saturated carbocycles. The second kappa shape index (κ2) is 8.21. The molecular weight excluding hydrogens is 368 g/mol. The quantitative estimate of drug-likeness (QED) is 0.622. The number of carbonyl (C=O) groups excluding carboxylic acids is 1. The second-order valence-electron chi connectivity index (χ2n) is 7.93. The lowest BCUT2D eigenvalue weighted by molar-refractivity contribution is -0.384. The van der Waals surface area contributed by atoms with Crippen molar-refractivity contribution in [2.75, 3.05) is 38.1 Å². The molecule has 152 valence electrons. The van der Waals surface area contributed by atoms with Crippen LogP contribution in [0.5, 0.6) is 0 Å². The van der Waals surface area contributed by atoms with Crippen molar-refractivity contribution in [3.8, 4) is 0 Å². The van der Waals surface area contributed by atoms with Crippen molar-refractivity contribution in [1.82, 2.24) is 10.2 Å². The van der Waals surface area contributed by atoms with Gasteiger partial charge in [0.25, 0.3) is 5.69 Å². The van der Waals surface area contributed by atoms with Crippen molar-refractivity contribution in [3.63, 3.8) is 0 Å². The van der Waals surface area contributed by atoms with Crippen molar-refractivity contribution >= 4 is 17.3 Å². The number of non-ortho nitro benzene ring substituents is 1. The molecule has 7 heteroatoms. The first-order valence-corrected chi connectivity index (χ1v) is 10.1. The Morgan fingerprint density at radius 2 is 2.00 bits per heavy atom. The van der Waals surface area contributed by atoms with Gasteiger partial charge in [0.15, 0.2) is 0 Å². The summed E-state index contributed by atoms with van der Waals surface area (Å²) in [6.45, 7) is 3.13. The van der Waals surface area contributed by atoms with E-state index in [1.165, 1.54) is 5.56 Å². The molecule has 2 aromatic carbocycles. The number of hydrogen-bond donors (Lipinski definition) is 1. The third-order valence-corrected chi connectivity index (χ3v) is 6.00. The van der Waals surface area contributed by atoms with Crippen LogP contribution in [0, 0.1) is 16.0 Å². The van der Waals surface area contributed by atoms with Gasteiger partial charge in [0.05, 0.1) is 16.9 Å². The van der Waals surface area contributed by atoms with Crippen molar-refractivity contribution in [1.29, 1.82) is 0 Å². The molecule has 0 spiro atoms. The Hall–Kier alpha value is -2.93. The molecule has 0 aromatic heterocycles. The highest BCUT2D eigenvalue weighted by Gasteiger charge is 2.41. The summed E-state index contributed by atoms with van der Waals surface area (Å²) < 4.78 is 0. The minimum Gasteiger partial charge on any atom is -0.365 e. The number of nitrogens with zero attached hydrogens (tertiary/aromatic N) is 3. The van der Waals surface area contributed by atoms with Gasteiger partial charge in [-0.3, -0.25) is 14.9 Å². The fraction of sp³-hybridized carbons (Fsp3) is 0.409. The normalized spacial score (nSPS) is 21.2. The van der Waals surface area contributed by atoms with E-state index in [1.807, 2.05) is 24.3 Å². The summed E-state index contributed by atoms with van der Waals surface area (Å²) in [6.07, 6.45) is 1.32. The minimum absolute atomic E-state index is 0.0309. The van der Waals surface area contributed by atoms with E-state index in [4.69, 9.17) is 0 Å². The summed E-state index contributed by atoms with van der Waals surface area (Å²) in [5, 5.41) is 14.3. The Bertz CT molecular complexity index is 902. The first kappa shape index (κ1) is 19.4. The van der Waals surface area contributed by atoms with Gasteiger partial charge in [0, 0.05) is 44.0 Å². The third kappa shape index (κ3) is 4.10. The maximum atomic E-state index is 13.1. The van der Waals surface area contributed by atoms with Gasteiger partial charge in [-0.1, -0.05) is 30.3 Å². The minimum atomic E-state index is -0.370. The van der Waals surface area contributed by atoms with E-state index in [1.54, 1.807) is 12.1 Å². The van der Waals surface area contributed by atoms with Gasteiger partial charge in [-0.05, 0) is 37.1 Å². The van der Waals surface area contributed by atoms with E-state index < -0.39 is 0 Å². The van der Waals surface area contributed by atoms with Crippen molar-refractivity contribution < 1.29 is 9.72 Å². The predicted molar refractivity (Wildman–Crippen MR) is 112 cm³/mol. The zero-order valence-corrected chi connectivity index (χ0v) is 16.6. The molecule has 0 bridgehead atoms. The lowest BCUT2D eigenvalue weighted by Gasteiger charge is -2.48. The summed E-state index contributed by atoms with van der Waals surface area (Å²) in [5.41, 5.74) is 3.20. The highest BCUT2D eigenvalue weighted by Crippen LogP contribution is 2.37. The van der Waals surface area contributed by atoms with Gasteiger partial charge in [-0.25, -0.2) is 0 Å². The monoisotopic (exact) mass is 394 g/mol. The molecule has 29 heavy (non-hydrogen) atoms. The molecule has 1 N–H and O–H groups in total. The summed E-state index contributed by atoms with van der Waals surface area (Å²) in [4.78, 5) is 28.4. The zero-order chi connectivity index (χ0) is 20.4. The van der Waals surface area contributed by atoms with Gasteiger partial charge >= 0.3 is 0 Å². The molecule has 2 heterocycles. The Morgan fingerprint density at radius 1 is 1.21 bits per heavy atom. The number of nitro groups is 1. The molecule has 4 rings (SSSR count). The average molecular weight is 394 g/mol. The molecular formula is C22H26N4O3. The largest absolute Gasteiger partial charge is 0.365 e. The van der Waals surface area contributed by atoms with Crippen LogP contribution >= 0.6 is 0 Å². The molecule has 7 nitrogen and oxygen atoms in total. The number of benzene rings is 2. The number of nitrogens with one attached hydrogen (secondary N) is 1. The summed E-state index contributed by atoms with van der Waals surface area (Å²) in [6, 6.07) is 15.2. The zero-order valence-electron chi connectivity index (χ0n) is 16.6. The van der Waals surface area contributed by atoms with E-state index in [2.05, 4.69) is 34.3 Å². The number of anilines is 1. The summed E-state index contributed by atoms with van der Waals surface area (Å²) in [7, 11) is 2.08. The molecule has 1 saturated heterocycles. The van der Waals surface area contributed by atoms with Crippen LogP contribution in [0.3, 0.4) is 0 Å². The van der Waals surface area contributed by atoms with E-state index in [9.17, 15) is 14.9 Å². The Labute approximate surface area is 170 Å². The van der Waals surface area contributed by atoms with Crippen LogP contribution in [0.25, 0.3) is 0 Å². The maximum absolute atomic E-state index is 13.1. The number of amides is 1. The van der Waals surface area contributed by atoms with Gasteiger partial charge in [-0.2, -0.15) is 0 Å². The summed E-state index contributed by atoms with van der Waals surface area (Å²) >= 11 is 0. The molecule has 2 atom stereocenters. The predicted octanol–water partition coefficient (Wildman–Crippen LogP) is 2.25. The van der Waals surface area contributed by atoms with Gasteiger partial charge in [0.1, 0.15) is 0 Å².